The molecule has 6 heteroatoms. The molecule has 3 rings (SSSR count). The van der Waals surface area contributed by atoms with Crippen LogP contribution >= 0.6 is 0 Å². The zero-order valence-electron chi connectivity index (χ0n) is 12.0. The number of aryl methyl sites for hydroxylation is 1. The number of nitrogens with zero attached hydrogens (tertiary/aromatic N) is 2. The van der Waals surface area contributed by atoms with E-state index in [0.717, 1.165) is 5.69 Å². The fraction of sp³-hybridized carbons (Fsp3) is 0.125. The SMILES string of the molecule is Cc1cccc[n+]1CC(=O)c1c(=O)o[nH][n+]1-c1ccccc1. The number of ketones is 1. The first-order chi connectivity index (χ1) is 10.7. The lowest BCUT2D eigenvalue weighted by Gasteiger charge is -1.96. The highest BCUT2D eigenvalue weighted by Gasteiger charge is 2.33. The summed E-state index contributed by atoms with van der Waals surface area (Å²) in [6.07, 6.45) is 1.80. The third-order valence-electron chi connectivity index (χ3n) is 3.41. The standard InChI is InChI=1S/C16H14N3O3/c1-12-7-5-6-10-18(12)11-14(20)15-16(21)22-17-19(15)13-8-3-2-4-9-13/h2-10H,11H2,1H3/q+1/p+1. The summed E-state index contributed by atoms with van der Waals surface area (Å²) in [6, 6.07) is 14.7. The molecule has 2 heterocycles. The molecular formula is C16H15N3O3+2. The van der Waals surface area contributed by atoms with Gasteiger partial charge in [0.25, 0.3) is 0 Å². The Labute approximate surface area is 126 Å². The number of aromatic nitrogens is 3. The number of carbonyl (C=O) groups excluding carboxylic acids is 1. The lowest BCUT2D eigenvalue weighted by atomic mass is 10.2. The molecule has 0 radical (unpaired) electrons. The van der Waals surface area contributed by atoms with E-state index < -0.39 is 5.63 Å². The molecule has 0 spiro atoms. The Hall–Kier alpha value is -3.02. The molecule has 22 heavy (non-hydrogen) atoms. The molecule has 0 atom stereocenters. The van der Waals surface area contributed by atoms with Crippen molar-refractivity contribution in [3.05, 3.63) is 76.5 Å². The summed E-state index contributed by atoms with van der Waals surface area (Å²) >= 11 is 0. The highest BCUT2D eigenvalue weighted by Crippen LogP contribution is 1.99. The fourth-order valence-corrected chi connectivity index (χ4v) is 2.24. The maximum Gasteiger partial charge on any atom is 0.439 e. The van der Waals surface area contributed by atoms with Crippen molar-refractivity contribution in [3.63, 3.8) is 0 Å². The van der Waals surface area contributed by atoms with Crippen LogP contribution < -0.4 is 14.9 Å². The Morgan fingerprint density at radius 2 is 1.86 bits per heavy atom. The van der Waals surface area contributed by atoms with Crippen LogP contribution in [0.2, 0.25) is 0 Å². The van der Waals surface area contributed by atoms with Gasteiger partial charge >= 0.3 is 17.1 Å². The molecule has 1 aromatic carbocycles. The van der Waals surface area contributed by atoms with Gasteiger partial charge in [-0.15, -0.1) is 0 Å². The normalized spacial score (nSPS) is 10.6. The number of nitrogens with one attached hydrogen (secondary N) is 1. The van der Waals surface area contributed by atoms with E-state index in [-0.39, 0.29) is 18.0 Å². The highest BCUT2D eigenvalue weighted by atomic mass is 16.5. The minimum Gasteiger partial charge on any atom is -0.282 e. The summed E-state index contributed by atoms with van der Waals surface area (Å²) in [5, 5.41) is 2.47. The third kappa shape index (κ3) is 2.58. The number of benzene rings is 1. The van der Waals surface area contributed by atoms with Crippen LogP contribution in [0.25, 0.3) is 5.69 Å². The minimum absolute atomic E-state index is 0.0260. The predicted molar refractivity (Wildman–Crippen MR) is 76.6 cm³/mol. The van der Waals surface area contributed by atoms with Crippen LogP contribution in [0.15, 0.2) is 64.0 Å². The van der Waals surface area contributed by atoms with E-state index in [1.165, 1.54) is 4.68 Å². The number of rotatable bonds is 4. The fourth-order valence-electron chi connectivity index (χ4n) is 2.24. The summed E-state index contributed by atoms with van der Waals surface area (Å²) in [6.45, 7) is 1.97. The summed E-state index contributed by atoms with van der Waals surface area (Å²) in [7, 11) is 0. The molecule has 0 bridgehead atoms. The summed E-state index contributed by atoms with van der Waals surface area (Å²) in [5.74, 6) is -0.321. The number of hydrogen-bond acceptors (Lipinski definition) is 3. The Morgan fingerprint density at radius 1 is 1.14 bits per heavy atom. The van der Waals surface area contributed by atoms with E-state index in [1.54, 1.807) is 22.9 Å². The number of para-hydroxylation sites is 1. The van der Waals surface area contributed by atoms with E-state index in [1.807, 2.05) is 43.3 Å². The Balaban J connectivity index is 1.99. The summed E-state index contributed by atoms with van der Waals surface area (Å²) in [4.78, 5) is 24.4. The highest BCUT2D eigenvalue weighted by molar-refractivity contribution is 5.91. The molecule has 2 aromatic heterocycles. The summed E-state index contributed by atoms with van der Waals surface area (Å²) < 4.78 is 7.94. The average molecular weight is 297 g/mol. The van der Waals surface area contributed by atoms with Gasteiger partial charge in [0.05, 0.1) is 0 Å². The van der Waals surface area contributed by atoms with Gasteiger partial charge in [-0.25, -0.2) is 4.79 Å². The second-order valence-electron chi connectivity index (χ2n) is 4.89. The Bertz CT molecular complexity index is 866. The first-order valence-electron chi connectivity index (χ1n) is 6.84. The molecule has 3 aromatic rings. The van der Waals surface area contributed by atoms with Crippen molar-refractivity contribution >= 4 is 5.78 Å². The minimum atomic E-state index is -0.678. The van der Waals surface area contributed by atoms with Crippen LogP contribution in [0.4, 0.5) is 0 Å². The molecular weight excluding hydrogens is 282 g/mol. The van der Waals surface area contributed by atoms with Crippen LogP contribution in [0.1, 0.15) is 16.2 Å². The maximum absolute atomic E-state index is 12.5. The van der Waals surface area contributed by atoms with Crippen molar-refractivity contribution < 1.29 is 18.6 Å². The monoisotopic (exact) mass is 297 g/mol. The van der Waals surface area contributed by atoms with E-state index in [9.17, 15) is 9.59 Å². The van der Waals surface area contributed by atoms with Crippen LogP contribution in [0, 0.1) is 6.92 Å². The Kier molecular flexibility index (Phi) is 3.65. The van der Waals surface area contributed by atoms with Gasteiger partial charge < -0.3 is 0 Å². The molecule has 0 aliphatic carbocycles. The number of pyridine rings is 1. The van der Waals surface area contributed by atoms with Gasteiger partial charge in [0, 0.05) is 31.2 Å². The first kappa shape index (κ1) is 13.9. The van der Waals surface area contributed by atoms with Crippen molar-refractivity contribution in [1.82, 2.24) is 5.27 Å². The zero-order chi connectivity index (χ0) is 15.5. The topological polar surface area (TPSA) is 70.8 Å². The van der Waals surface area contributed by atoms with Gasteiger partial charge in [0.15, 0.2) is 11.9 Å². The number of hydrogen-bond donors (Lipinski definition) is 1. The molecule has 0 saturated heterocycles. The van der Waals surface area contributed by atoms with Crippen molar-refractivity contribution in [1.29, 1.82) is 0 Å². The van der Waals surface area contributed by atoms with Crippen molar-refractivity contribution in [2.45, 2.75) is 13.5 Å². The third-order valence-corrected chi connectivity index (χ3v) is 3.41. The van der Waals surface area contributed by atoms with Crippen molar-refractivity contribution in [3.8, 4) is 5.69 Å². The van der Waals surface area contributed by atoms with E-state index in [2.05, 4.69) is 5.27 Å². The number of aromatic amines is 1. The lowest BCUT2D eigenvalue weighted by Crippen LogP contribution is -2.47. The van der Waals surface area contributed by atoms with Crippen LogP contribution in [-0.4, -0.2) is 11.1 Å². The van der Waals surface area contributed by atoms with E-state index >= 15 is 0 Å². The van der Waals surface area contributed by atoms with Crippen molar-refractivity contribution in [2.75, 3.05) is 0 Å². The van der Waals surface area contributed by atoms with E-state index in [4.69, 9.17) is 4.52 Å². The smallest absolute Gasteiger partial charge is 0.282 e. The van der Waals surface area contributed by atoms with Crippen LogP contribution in [-0.2, 0) is 6.54 Å². The first-order valence-corrected chi connectivity index (χ1v) is 6.84. The predicted octanol–water partition coefficient (Wildman–Crippen LogP) is 0.723. The molecule has 0 unspecified atom stereocenters. The number of H-pyrrole nitrogens is 1. The molecule has 0 saturated carbocycles. The van der Waals surface area contributed by atoms with Gasteiger partial charge in [-0.05, 0) is 9.95 Å². The van der Waals surface area contributed by atoms with Gasteiger partial charge in [0.1, 0.15) is 0 Å². The van der Waals surface area contributed by atoms with E-state index in [0.29, 0.717) is 5.69 Å². The molecule has 0 aliphatic rings. The molecule has 0 fully saturated rings. The number of Topliss-reactive ketones (excluding diaryl/α,β-unsaturated/α-hetero) is 1. The van der Waals surface area contributed by atoms with Crippen molar-refractivity contribution in [2.24, 2.45) is 0 Å². The maximum atomic E-state index is 12.5. The lowest BCUT2D eigenvalue weighted by molar-refractivity contribution is -0.694. The molecule has 0 aliphatic heterocycles. The second kappa shape index (κ2) is 5.77. The quantitative estimate of drug-likeness (QED) is 0.570. The van der Waals surface area contributed by atoms with Gasteiger partial charge in [0.2, 0.25) is 12.2 Å². The van der Waals surface area contributed by atoms with Crippen LogP contribution in [0.3, 0.4) is 0 Å². The Morgan fingerprint density at radius 3 is 2.59 bits per heavy atom. The van der Waals surface area contributed by atoms with Crippen LogP contribution in [0.5, 0.6) is 0 Å². The molecule has 1 N–H and O–H groups in total. The van der Waals surface area contributed by atoms with Gasteiger partial charge in [-0.2, -0.15) is 4.57 Å². The van der Waals surface area contributed by atoms with Gasteiger partial charge in [-0.3, -0.25) is 9.32 Å². The average Bonchev–Trinajstić information content (AvgIpc) is 2.92. The molecule has 0 amide bonds. The summed E-state index contributed by atoms with van der Waals surface area (Å²) in [5.41, 5.74) is 0.888. The zero-order valence-corrected chi connectivity index (χ0v) is 12.0. The second-order valence-corrected chi connectivity index (χ2v) is 4.89. The largest absolute Gasteiger partial charge is 0.439 e. The molecule has 6 nitrogen and oxygen atoms in total. The number of carbonyl (C=O) groups is 1. The molecule has 110 valence electrons. The van der Waals surface area contributed by atoms with Gasteiger partial charge in [-0.1, -0.05) is 24.3 Å².